The van der Waals surface area contributed by atoms with Gasteiger partial charge in [0, 0.05) is 5.56 Å². The maximum atomic E-state index is 11.8. The van der Waals surface area contributed by atoms with E-state index in [0.29, 0.717) is 11.3 Å². The first kappa shape index (κ1) is 11.9. The van der Waals surface area contributed by atoms with Crippen molar-refractivity contribution in [1.82, 2.24) is 0 Å². The molecule has 0 unspecified atom stereocenters. The first-order chi connectivity index (χ1) is 8.79. The molecule has 0 saturated heterocycles. The summed E-state index contributed by atoms with van der Waals surface area (Å²) in [7, 11) is 0. The van der Waals surface area contributed by atoms with Crippen molar-refractivity contribution in [2.75, 3.05) is 0 Å². The van der Waals surface area contributed by atoms with Gasteiger partial charge in [-0.2, -0.15) is 0 Å². The molecule has 0 aliphatic carbocycles. The van der Waals surface area contributed by atoms with Gasteiger partial charge in [-0.3, -0.25) is 4.79 Å². The predicted molar refractivity (Wildman–Crippen MR) is 71.7 cm³/mol. The van der Waals surface area contributed by atoms with Crippen LogP contribution < -0.4 is 0 Å². The fraction of sp³-hybridized carbons (Fsp3) is 0. The molecule has 0 fully saturated rings. The summed E-state index contributed by atoms with van der Waals surface area (Å²) < 4.78 is 0. The van der Waals surface area contributed by atoms with Crippen LogP contribution in [0.1, 0.15) is 15.9 Å². The van der Waals surface area contributed by atoms with Crippen molar-refractivity contribution in [3.05, 3.63) is 76.7 Å². The second-order valence-electron chi connectivity index (χ2n) is 3.75. The van der Waals surface area contributed by atoms with Gasteiger partial charge >= 0.3 is 0 Å². The first-order valence-electron chi connectivity index (χ1n) is 5.50. The minimum Gasteiger partial charge on any atom is -0.289 e. The third-order valence-electron chi connectivity index (χ3n) is 2.46. The Labute approximate surface area is 105 Å². The molecule has 0 bridgehead atoms. The number of benzene rings is 2. The maximum Gasteiger partial charge on any atom is 0.185 e. The number of ketones is 1. The molecule has 0 aliphatic rings. The highest BCUT2D eigenvalue weighted by molar-refractivity contribution is 6.06. The van der Waals surface area contributed by atoms with Gasteiger partial charge in [0.25, 0.3) is 0 Å². The number of nitroso groups, excluding NO2 is 1. The van der Waals surface area contributed by atoms with E-state index in [9.17, 15) is 9.70 Å². The van der Waals surface area contributed by atoms with E-state index in [1.807, 2.05) is 24.3 Å². The van der Waals surface area contributed by atoms with E-state index < -0.39 is 0 Å². The predicted octanol–water partition coefficient (Wildman–Crippen LogP) is 3.98. The second-order valence-corrected chi connectivity index (χ2v) is 3.75. The van der Waals surface area contributed by atoms with Crippen molar-refractivity contribution in [3.8, 4) is 0 Å². The lowest BCUT2D eigenvalue weighted by molar-refractivity contribution is 0.104. The molecular formula is C15H11NO2. The van der Waals surface area contributed by atoms with Crippen molar-refractivity contribution < 1.29 is 4.79 Å². The standard InChI is InChI=1S/C15H11NO2/c17-15(13-6-2-1-3-7-13)10-9-12-5-4-8-14(11-12)16-18/h1-11H/b10-9+. The number of allylic oxidation sites excluding steroid dienone is 1. The Morgan fingerprint density at radius 1 is 1.00 bits per heavy atom. The molecule has 0 spiro atoms. The topological polar surface area (TPSA) is 46.5 Å². The summed E-state index contributed by atoms with van der Waals surface area (Å²) in [5, 5.41) is 2.85. The molecule has 3 heteroatoms. The van der Waals surface area contributed by atoms with Crippen molar-refractivity contribution in [2.45, 2.75) is 0 Å². The number of carbonyl (C=O) groups is 1. The lowest BCUT2D eigenvalue weighted by atomic mass is 10.1. The van der Waals surface area contributed by atoms with E-state index in [2.05, 4.69) is 5.18 Å². The average Bonchev–Trinajstić information content (AvgIpc) is 2.46. The fourth-order valence-electron chi connectivity index (χ4n) is 1.56. The van der Waals surface area contributed by atoms with Crippen LogP contribution in [0.3, 0.4) is 0 Å². The number of rotatable bonds is 4. The largest absolute Gasteiger partial charge is 0.289 e. The van der Waals surface area contributed by atoms with Crippen LogP contribution >= 0.6 is 0 Å². The minimum absolute atomic E-state index is 0.0694. The Morgan fingerprint density at radius 3 is 2.50 bits per heavy atom. The number of hydrogen-bond donors (Lipinski definition) is 0. The smallest absolute Gasteiger partial charge is 0.185 e. The third kappa shape index (κ3) is 2.98. The van der Waals surface area contributed by atoms with Crippen molar-refractivity contribution in [1.29, 1.82) is 0 Å². The van der Waals surface area contributed by atoms with E-state index in [-0.39, 0.29) is 5.78 Å². The van der Waals surface area contributed by atoms with Gasteiger partial charge in [0.05, 0.1) is 0 Å². The van der Waals surface area contributed by atoms with Gasteiger partial charge in [-0.05, 0) is 28.9 Å². The first-order valence-corrected chi connectivity index (χ1v) is 5.50. The molecule has 0 atom stereocenters. The zero-order chi connectivity index (χ0) is 12.8. The molecule has 0 saturated carbocycles. The van der Waals surface area contributed by atoms with Crippen molar-refractivity contribution >= 4 is 17.5 Å². The van der Waals surface area contributed by atoms with Gasteiger partial charge < -0.3 is 0 Å². The van der Waals surface area contributed by atoms with Crippen LogP contribution in [0.5, 0.6) is 0 Å². The molecule has 0 amide bonds. The molecular weight excluding hydrogens is 226 g/mol. The Balaban J connectivity index is 2.16. The molecule has 3 nitrogen and oxygen atoms in total. The summed E-state index contributed by atoms with van der Waals surface area (Å²) in [6, 6.07) is 15.8. The SMILES string of the molecule is O=Nc1cccc(/C=C/C(=O)c2ccccc2)c1. The second kappa shape index (κ2) is 5.68. The quantitative estimate of drug-likeness (QED) is 0.458. The summed E-state index contributed by atoms with van der Waals surface area (Å²) in [5.74, 6) is -0.0694. The van der Waals surface area contributed by atoms with E-state index in [1.165, 1.54) is 6.08 Å². The normalized spacial score (nSPS) is 10.4. The zero-order valence-electron chi connectivity index (χ0n) is 9.61. The van der Waals surface area contributed by atoms with Gasteiger partial charge in [-0.25, -0.2) is 0 Å². The Morgan fingerprint density at radius 2 is 1.78 bits per heavy atom. The Kier molecular flexibility index (Phi) is 3.76. The number of hydrogen-bond acceptors (Lipinski definition) is 3. The summed E-state index contributed by atoms with van der Waals surface area (Å²) in [6.45, 7) is 0. The molecule has 0 aromatic heterocycles. The van der Waals surface area contributed by atoms with E-state index in [0.717, 1.165) is 5.56 Å². The van der Waals surface area contributed by atoms with Crippen LogP contribution in [0.15, 0.2) is 65.9 Å². The highest BCUT2D eigenvalue weighted by atomic mass is 16.3. The monoisotopic (exact) mass is 237 g/mol. The maximum absolute atomic E-state index is 11.8. The highest BCUT2D eigenvalue weighted by Gasteiger charge is 1.99. The minimum atomic E-state index is -0.0694. The molecule has 18 heavy (non-hydrogen) atoms. The summed E-state index contributed by atoms with van der Waals surface area (Å²) in [6.07, 6.45) is 3.16. The average molecular weight is 237 g/mol. The molecule has 2 aromatic rings. The van der Waals surface area contributed by atoms with Crippen LogP contribution in [0.2, 0.25) is 0 Å². The van der Waals surface area contributed by atoms with Crippen LogP contribution in [0.4, 0.5) is 5.69 Å². The van der Waals surface area contributed by atoms with Gasteiger partial charge in [-0.15, -0.1) is 4.91 Å². The lowest BCUT2D eigenvalue weighted by Gasteiger charge is -1.95. The molecule has 0 radical (unpaired) electrons. The van der Waals surface area contributed by atoms with Gasteiger partial charge in [0.15, 0.2) is 5.78 Å². The molecule has 2 aromatic carbocycles. The van der Waals surface area contributed by atoms with Gasteiger partial charge in [0.1, 0.15) is 5.69 Å². The fourth-order valence-corrected chi connectivity index (χ4v) is 1.56. The van der Waals surface area contributed by atoms with Crippen LogP contribution in [0, 0.1) is 4.91 Å². The van der Waals surface area contributed by atoms with Crippen LogP contribution in [-0.2, 0) is 0 Å². The molecule has 0 heterocycles. The molecule has 88 valence electrons. The lowest BCUT2D eigenvalue weighted by Crippen LogP contribution is -1.92. The van der Waals surface area contributed by atoms with Crippen molar-refractivity contribution in [2.24, 2.45) is 5.18 Å². The van der Waals surface area contributed by atoms with Gasteiger partial charge in [-0.1, -0.05) is 48.5 Å². The Hall–Kier alpha value is -2.55. The summed E-state index contributed by atoms with van der Waals surface area (Å²) in [4.78, 5) is 22.2. The summed E-state index contributed by atoms with van der Waals surface area (Å²) >= 11 is 0. The van der Waals surface area contributed by atoms with E-state index >= 15 is 0 Å². The molecule has 0 N–H and O–H groups in total. The molecule has 2 rings (SSSR count). The Bertz CT molecular complexity index is 588. The summed E-state index contributed by atoms with van der Waals surface area (Å²) in [5.41, 5.74) is 1.76. The van der Waals surface area contributed by atoms with Gasteiger partial charge in [0.2, 0.25) is 0 Å². The number of carbonyl (C=O) groups excluding carboxylic acids is 1. The zero-order valence-corrected chi connectivity index (χ0v) is 9.61. The number of nitrogens with zero attached hydrogens (tertiary/aromatic N) is 1. The molecule has 0 aliphatic heterocycles. The third-order valence-corrected chi connectivity index (χ3v) is 2.46. The highest BCUT2D eigenvalue weighted by Crippen LogP contribution is 2.14. The van der Waals surface area contributed by atoms with Crippen molar-refractivity contribution in [3.63, 3.8) is 0 Å². The van der Waals surface area contributed by atoms with Crippen LogP contribution in [-0.4, -0.2) is 5.78 Å². The van der Waals surface area contributed by atoms with Crippen LogP contribution in [0.25, 0.3) is 6.08 Å². The van der Waals surface area contributed by atoms with E-state index in [4.69, 9.17) is 0 Å². The van der Waals surface area contributed by atoms with E-state index in [1.54, 1.807) is 36.4 Å².